The Labute approximate surface area is 124 Å². The molecule has 0 spiro atoms. The van der Waals surface area contributed by atoms with E-state index in [2.05, 4.69) is 15.3 Å². The van der Waals surface area contributed by atoms with Gasteiger partial charge in [0.05, 0.1) is 0 Å². The predicted molar refractivity (Wildman–Crippen MR) is 73.9 cm³/mol. The number of alkyl halides is 3. The maximum atomic E-state index is 14.0. The van der Waals surface area contributed by atoms with Crippen molar-refractivity contribution >= 4 is 23.1 Å². The third kappa shape index (κ3) is 1.89. The van der Waals surface area contributed by atoms with E-state index in [0.29, 0.717) is 5.69 Å². The van der Waals surface area contributed by atoms with Gasteiger partial charge in [0, 0.05) is 22.5 Å². The Hall–Kier alpha value is -1.82. The molecule has 7 heteroatoms. The van der Waals surface area contributed by atoms with Gasteiger partial charge in [-0.3, -0.25) is 0 Å². The second-order valence-corrected chi connectivity index (χ2v) is 5.29. The molecule has 1 aromatic carbocycles. The highest BCUT2D eigenvalue weighted by Crippen LogP contribution is 2.55. The molecule has 3 nitrogen and oxygen atoms in total. The minimum atomic E-state index is -4.48. The number of nitrogens with zero attached hydrogens (tertiary/aromatic N) is 2. The van der Waals surface area contributed by atoms with Gasteiger partial charge in [-0.05, 0) is 30.2 Å². The first-order chi connectivity index (χ1) is 9.90. The smallest absolute Gasteiger partial charge is 0.340 e. The van der Waals surface area contributed by atoms with Crippen molar-refractivity contribution in [2.24, 2.45) is 0 Å². The van der Waals surface area contributed by atoms with Crippen molar-refractivity contribution in [2.45, 2.75) is 24.9 Å². The SMILES string of the molecule is CCC1(C(F)(F)F)c2cc(Cl)ccc2Nc2ncncc21. The summed E-state index contributed by atoms with van der Waals surface area (Å²) in [7, 11) is 0. The number of benzene rings is 1. The number of nitrogens with one attached hydrogen (secondary N) is 1. The van der Waals surface area contributed by atoms with Gasteiger partial charge in [0.2, 0.25) is 0 Å². The highest BCUT2D eigenvalue weighted by atomic mass is 35.5. The molecule has 0 saturated carbocycles. The monoisotopic (exact) mass is 313 g/mol. The number of hydrogen-bond donors (Lipinski definition) is 1. The molecule has 0 aliphatic carbocycles. The summed E-state index contributed by atoms with van der Waals surface area (Å²) in [6.07, 6.45) is -2.20. The van der Waals surface area contributed by atoms with Crippen LogP contribution < -0.4 is 5.32 Å². The van der Waals surface area contributed by atoms with E-state index < -0.39 is 11.6 Å². The topological polar surface area (TPSA) is 37.8 Å². The number of hydrogen-bond acceptors (Lipinski definition) is 3. The van der Waals surface area contributed by atoms with Crippen LogP contribution in [0, 0.1) is 0 Å². The van der Waals surface area contributed by atoms with Crippen molar-refractivity contribution in [1.29, 1.82) is 0 Å². The van der Waals surface area contributed by atoms with Crippen LogP contribution in [0.2, 0.25) is 5.02 Å². The maximum absolute atomic E-state index is 14.0. The Bertz CT molecular complexity index is 702. The molecule has 1 aliphatic heterocycles. The van der Waals surface area contributed by atoms with Gasteiger partial charge in [-0.1, -0.05) is 18.5 Å². The first-order valence-corrected chi connectivity index (χ1v) is 6.72. The number of halogens is 4. The summed E-state index contributed by atoms with van der Waals surface area (Å²) in [6.45, 7) is 1.50. The van der Waals surface area contributed by atoms with Gasteiger partial charge < -0.3 is 5.32 Å². The summed E-state index contributed by atoms with van der Waals surface area (Å²) >= 11 is 5.91. The van der Waals surface area contributed by atoms with E-state index in [1.54, 1.807) is 12.1 Å². The van der Waals surface area contributed by atoms with Gasteiger partial charge in [0.1, 0.15) is 17.6 Å². The predicted octanol–water partition coefficient (Wildman–Crippen LogP) is 4.45. The average molecular weight is 314 g/mol. The van der Waals surface area contributed by atoms with Gasteiger partial charge >= 0.3 is 6.18 Å². The first kappa shape index (κ1) is 14.1. The zero-order chi connectivity index (χ0) is 15.3. The van der Waals surface area contributed by atoms with E-state index in [0.717, 1.165) is 0 Å². The van der Waals surface area contributed by atoms with Crippen molar-refractivity contribution < 1.29 is 13.2 Å². The van der Waals surface area contributed by atoms with Crippen LogP contribution in [0.3, 0.4) is 0 Å². The normalized spacial score (nSPS) is 20.4. The number of rotatable bonds is 1. The Kier molecular flexibility index (Phi) is 3.09. The summed E-state index contributed by atoms with van der Waals surface area (Å²) in [5.41, 5.74) is -1.67. The second kappa shape index (κ2) is 4.59. The molecule has 1 atom stereocenters. The maximum Gasteiger partial charge on any atom is 0.402 e. The molecule has 0 fully saturated rings. The molecule has 0 radical (unpaired) electrons. The average Bonchev–Trinajstić information content (AvgIpc) is 2.43. The summed E-state index contributed by atoms with van der Waals surface area (Å²) < 4.78 is 41.9. The van der Waals surface area contributed by atoms with Gasteiger partial charge in [-0.2, -0.15) is 13.2 Å². The van der Waals surface area contributed by atoms with Crippen LogP contribution >= 0.6 is 11.6 Å². The summed E-state index contributed by atoms with van der Waals surface area (Å²) in [6, 6.07) is 4.45. The van der Waals surface area contributed by atoms with Crippen LogP contribution in [0.1, 0.15) is 24.5 Å². The van der Waals surface area contributed by atoms with Gasteiger partial charge in [0.25, 0.3) is 0 Å². The fourth-order valence-corrected chi connectivity index (χ4v) is 3.05. The molecule has 2 heterocycles. The van der Waals surface area contributed by atoms with E-state index in [1.165, 1.54) is 25.5 Å². The highest BCUT2D eigenvalue weighted by molar-refractivity contribution is 6.30. The number of fused-ring (bicyclic) bond motifs is 2. The van der Waals surface area contributed by atoms with E-state index in [1.807, 2.05) is 0 Å². The molecule has 21 heavy (non-hydrogen) atoms. The molecular formula is C14H11ClF3N3. The molecule has 0 amide bonds. The second-order valence-electron chi connectivity index (χ2n) is 4.86. The molecule has 2 aromatic rings. The van der Waals surface area contributed by atoms with Crippen LogP contribution in [0.4, 0.5) is 24.7 Å². The van der Waals surface area contributed by atoms with Crippen molar-refractivity contribution in [3.05, 3.63) is 46.9 Å². The van der Waals surface area contributed by atoms with Crippen LogP contribution in [-0.2, 0) is 5.41 Å². The van der Waals surface area contributed by atoms with Crippen LogP contribution in [0.5, 0.6) is 0 Å². The fourth-order valence-electron chi connectivity index (χ4n) is 2.88. The largest absolute Gasteiger partial charge is 0.402 e. The van der Waals surface area contributed by atoms with Gasteiger partial charge in [0.15, 0.2) is 0 Å². The Morgan fingerprint density at radius 1 is 1.29 bits per heavy atom. The molecular weight excluding hydrogens is 303 g/mol. The molecule has 1 N–H and O–H groups in total. The molecule has 110 valence electrons. The van der Waals surface area contributed by atoms with Crippen LogP contribution in [-0.4, -0.2) is 16.1 Å². The van der Waals surface area contributed by atoms with Crippen LogP contribution in [0.15, 0.2) is 30.7 Å². The minimum Gasteiger partial charge on any atom is -0.340 e. The lowest BCUT2D eigenvalue weighted by molar-refractivity contribution is -0.179. The van der Waals surface area contributed by atoms with E-state index >= 15 is 0 Å². The standard InChI is InChI=1S/C14H11ClF3N3/c1-2-13(14(16,17)18)9-5-8(15)3-4-11(9)21-12-10(13)6-19-7-20-12/h3-7H,2H2,1H3,(H,19,20,21). The van der Waals surface area contributed by atoms with Crippen molar-refractivity contribution in [3.63, 3.8) is 0 Å². The Morgan fingerprint density at radius 2 is 2.05 bits per heavy atom. The fraction of sp³-hybridized carbons (Fsp3) is 0.286. The zero-order valence-electron chi connectivity index (χ0n) is 11.0. The van der Waals surface area contributed by atoms with E-state index in [-0.39, 0.29) is 28.4 Å². The quantitative estimate of drug-likeness (QED) is 0.845. The lowest BCUT2D eigenvalue weighted by Gasteiger charge is -2.40. The van der Waals surface area contributed by atoms with Crippen molar-refractivity contribution in [1.82, 2.24) is 9.97 Å². The van der Waals surface area contributed by atoms with E-state index in [9.17, 15) is 13.2 Å². The molecule has 3 rings (SSSR count). The minimum absolute atomic E-state index is 0.0229. The third-order valence-electron chi connectivity index (χ3n) is 3.88. The third-order valence-corrected chi connectivity index (χ3v) is 4.12. The van der Waals surface area contributed by atoms with Crippen molar-refractivity contribution in [2.75, 3.05) is 5.32 Å². The lowest BCUT2D eigenvalue weighted by atomic mass is 9.70. The molecule has 1 aromatic heterocycles. The molecule has 0 saturated heterocycles. The van der Waals surface area contributed by atoms with Gasteiger partial charge in [-0.25, -0.2) is 9.97 Å². The van der Waals surface area contributed by atoms with Crippen LogP contribution in [0.25, 0.3) is 0 Å². The van der Waals surface area contributed by atoms with E-state index in [4.69, 9.17) is 11.6 Å². The Morgan fingerprint density at radius 3 is 2.71 bits per heavy atom. The Balaban J connectivity index is 2.39. The summed E-state index contributed by atoms with van der Waals surface area (Å²) in [4.78, 5) is 7.71. The number of anilines is 2. The zero-order valence-corrected chi connectivity index (χ0v) is 11.8. The summed E-state index contributed by atoms with van der Waals surface area (Å²) in [5, 5.41) is 3.18. The highest BCUT2D eigenvalue weighted by Gasteiger charge is 2.59. The number of aromatic nitrogens is 2. The first-order valence-electron chi connectivity index (χ1n) is 6.34. The molecule has 1 unspecified atom stereocenters. The van der Waals surface area contributed by atoms with Gasteiger partial charge in [-0.15, -0.1) is 0 Å². The van der Waals surface area contributed by atoms with Crippen molar-refractivity contribution in [3.8, 4) is 0 Å². The molecule has 0 bridgehead atoms. The molecule has 1 aliphatic rings. The summed E-state index contributed by atoms with van der Waals surface area (Å²) in [5.74, 6) is 0.180. The lowest BCUT2D eigenvalue weighted by Crippen LogP contribution is -2.45.